The number of likely N-dealkylation sites (tertiary alicyclic amines) is 1. The quantitative estimate of drug-likeness (QED) is 0.322. The number of halogens is 1. The van der Waals surface area contributed by atoms with E-state index >= 15 is 0 Å². The van der Waals surface area contributed by atoms with Crippen LogP contribution in [0.4, 0.5) is 0 Å². The summed E-state index contributed by atoms with van der Waals surface area (Å²) in [6.07, 6.45) is 6.08. The molecule has 0 aromatic heterocycles. The van der Waals surface area contributed by atoms with Crippen LogP contribution in [0.3, 0.4) is 0 Å². The molecule has 2 aromatic carbocycles. The number of ether oxygens (including phenoxy) is 2. The zero-order valence-electron chi connectivity index (χ0n) is 27.2. The number of benzene rings is 2. The van der Waals surface area contributed by atoms with Gasteiger partial charge in [0, 0.05) is 24.0 Å². The molecule has 2 fully saturated rings. The number of unbranched alkanes of at least 4 members (excludes halogenated alkanes) is 1. The largest absolute Gasteiger partial charge is 0.455 e. The molecular weight excluding hydrogens is 678 g/mol. The van der Waals surface area contributed by atoms with Crippen molar-refractivity contribution in [3.63, 3.8) is 0 Å². The Kier molecular flexibility index (Phi) is 10.2. The highest BCUT2D eigenvalue weighted by Crippen LogP contribution is 2.60. The van der Waals surface area contributed by atoms with Crippen molar-refractivity contribution in [3.05, 3.63) is 94.5 Å². The van der Waals surface area contributed by atoms with Gasteiger partial charge in [0.25, 0.3) is 0 Å². The van der Waals surface area contributed by atoms with Gasteiger partial charge in [0.15, 0.2) is 0 Å². The summed E-state index contributed by atoms with van der Waals surface area (Å²) in [5, 5.41) is 13.8. The number of carbonyl (C=O) groups is 4. The maximum Gasteiger partial charge on any atom is 0.313 e. The summed E-state index contributed by atoms with van der Waals surface area (Å²) in [7, 11) is 0. The molecule has 0 aliphatic carbocycles. The second-order valence-electron chi connectivity index (χ2n) is 13.0. The Balaban J connectivity index is 1.48. The Labute approximate surface area is 289 Å². The fourth-order valence-corrected chi connectivity index (χ4v) is 8.36. The average molecular weight is 721 g/mol. The lowest BCUT2D eigenvalue weighted by Gasteiger charge is -2.39. The first kappa shape index (κ1) is 34.1. The maximum atomic E-state index is 14.9. The number of nitrogens with one attached hydrogen (secondary N) is 1. The number of esters is 1. The van der Waals surface area contributed by atoms with E-state index in [1.807, 2.05) is 79.7 Å². The summed E-state index contributed by atoms with van der Waals surface area (Å²) in [5.74, 6) is -3.81. The Morgan fingerprint density at radius 3 is 2.40 bits per heavy atom. The highest BCUT2D eigenvalue weighted by molar-refractivity contribution is 9.11. The second kappa shape index (κ2) is 14.4. The zero-order chi connectivity index (χ0) is 34.0. The van der Waals surface area contributed by atoms with Crippen LogP contribution in [0.1, 0.15) is 62.8 Å². The predicted octanol–water partition coefficient (Wildman–Crippen LogP) is 4.36. The first-order chi connectivity index (χ1) is 23.2. The molecule has 2 N–H and O–H groups in total. The highest BCUT2D eigenvalue weighted by atomic mass is 79.9. The number of nitrogens with zero attached hydrogens (tertiary/aromatic N) is 2. The third-order valence-corrected chi connectivity index (χ3v) is 10.6. The van der Waals surface area contributed by atoms with E-state index < -0.39 is 66.3 Å². The third kappa shape index (κ3) is 6.12. The van der Waals surface area contributed by atoms with Gasteiger partial charge < -0.3 is 29.7 Å². The molecule has 8 atom stereocenters. The number of aliphatic hydroxyl groups excluding tert-OH is 1. The molecule has 2 saturated heterocycles. The summed E-state index contributed by atoms with van der Waals surface area (Å²) >= 11 is 3.61. The molecule has 48 heavy (non-hydrogen) atoms. The first-order valence-electron chi connectivity index (χ1n) is 16.7. The van der Waals surface area contributed by atoms with Crippen LogP contribution in [-0.4, -0.2) is 82.1 Å². The molecule has 0 unspecified atom stereocenters. The van der Waals surface area contributed by atoms with Crippen LogP contribution in [0.15, 0.2) is 83.4 Å². The van der Waals surface area contributed by atoms with E-state index in [-0.39, 0.29) is 24.8 Å². The normalized spacial score (nSPS) is 32.0. The lowest BCUT2D eigenvalue weighted by Crippen LogP contribution is -2.57. The van der Waals surface area contributed by atoms with Crippen molar-refractivity contribution in [2.75, 3.05) is 19.7 Å². The number of aliphatic hydroxyl groups is 1. The first-order valence-corrected chi connectivity index (χ1v) is 17.5. The van der Waals surface area contributed by atoms with Gasteiger partial charge in [0.2, 0.25) is 17.7 Å². The SMILES string of the molecule is CCCCN1C/C=C\CCC(=O)N[C@@H](C)[C@H](c2ccccc2)OC(=O)[C@H]2[C@@H]3O[C@@]4(C=C3Br)[C@@H]2C(=O)N([C@H](CO)c2ccccc2)[C@@H]4C1=O. The molecule has 10 nitrogen and oxygen atoms in total. The van der Waals surface area contributed by atoms with E-state index in [0.717, 1.165) is 12.8 Å². The van der Waals surface area contributed by atoms with E-state index in [1.54, 1.807) is 17.9 Å². The molecular formula is C37H42BrN3O7. The summed E-state index contributed by atoms with van der Waals surface area (Å²) in [6, 6.07) is 15.7. The zero-order valence-corrected chi connectivity index (χ0v) is 28.8. The van der Waals surface area contributed by atoms with E-state index in [2.05, 4.69) is 21.2 Å². The number of hydrogen-bond donors (Lipinski definition) is 2. The maximum absolute atomic E-state index is 14.9. The molecule has 3 amide bonds. The predicted molar refractivity (Wildman–Crippen MR) is 181 cm³/mol. The average Bonchev–Trinajstić information content (AvgIpc) is 3.68. The smallest absolute Gasteiger partial charge is 0.313 e. The monoisotopic (exact) mass is 719 g/mol. The topological polar surface area (TPSA) is 125 Å². The Morgan fingerprint density at radius 2 is 1.71 bits per heavy atom. The number of fused-ring (bicyclic) bond motifs is 2. The molecule has 1 spiro atoms. The van der Waals surface area contributed by atoms with Crippen LogP contribution < -0.4 is 5.32 Å². The fraction of sp³-hybridized carbons (Fsp3) is 0.459. The van der Waals surface area contributed by atoms with Crippen molar-refractivity contribution >= 4 is 39.6 Å². The van der Waals surface area contributed by atoms with Crippen molar-refractivity contribution in [3.8, 4) is 0 Å². The Hall–Kier alpha value is -3.80. The highest BCUT2D eigenvalue weighted by Gasteiger charge is 2.75. The van der Waals surface area contributed by atoms with Crippen molar-refractivity contribution < 1.29 is 33.8 Å². The third-order valence-electron chi connectivity index (χ3n) is 9.90. The van der Waals surface area contributed by atoms with Crippen molar-refractivity contribution in [2.45, 2.75) is 75.5 Å². The lowest BCUT2D eigenvalue weighted by molar-refractivity contribution is -0.162. The van der Waals surface area contributed by atoms with E-state index in [9.17, 15) is 24.3 Å². The molecule has 254 valence electrons. The van der Waals surface area contributed by atoms with Crippen molar-refractivity contribution in [2.24, 2.45) is 11.8 Å². The fourth-order valence-electron chi connectivity index (χ4n) is 7.63. The van der Waals surface area contributed by atoms with Gasteiger partial charge >= 0.3 is 5.97 Å². The molecule has 5 bridgehead atoms. The minimum atomic E-state index is -1.48. The van der Waals surface area contributed by atoms with Gasteiger partial charge in [-0.05, 0) is 37.0 Å². The summed E-state index contributed by atoms with van der Waals surface area (Å²) < 4.78 is 13.5. The molecule has 6 rings (SSSR count). The van der Waals surface area contributed by atoms with Crippen LogP contribution in [0, 0.1) is 11.8 Å². The lowest BCUT2D eigenvalue weighted by atomic mass is 9.74. The van der Waals surface area contributed by atoms with Gasteiger partial charge in [-0.2, -0.15) is 0 Å². The number of amides is 3. The van der Waals surface area contributed by atoms with E-state index in [4.69, 9.17) is 9.47 Å². The van der Waals surface area contributed by atoms with Crippen molar-refractivity contribution in [1.29, 1.82) is 0 Å². The molecule has 4 heterocycles. The molecule has 0 radical (unpaired) electrons. The van der Waals surface area contributed by atoms with Crippen LogP contribution >= 0.6 is 15.9 Å². The summed E-state index contributed by atoms with van der Waals surface area (Å²) in [6.45, 7) is 4.09. The summed E-state index contributed by atoms with van der Waals surface area (Å²) in [5.41, 5.74) is -0.128. The number of allylic oxidation sites excluding steroid dienone is 1. The van der Waals surface area contributed by atoms with Gasteiger partial charge in [-0.1, -0.05) is 102 Å². The molecule has 4 aliphatic rings. The van der Waals surface area contributed by atoms with Gasteiger partial charge in [0.05, 0.1) is 24.6 Å². The van der Waals surface area contributed by atoms with Gasteiger partial charge in [-0.15, -0.1) is 0 Å². The van der Waals surface area contributed by atoms with Gasteiger partial charge in [-0.25, -0.2) is 0 Å². The van der Waals surface area contributed by atoms with Crippen molar-refractivity contribution in [1.82, 2.24) is 15.1 Å². The number of cyclic esters (lactones) is 1. The van der Waals surface area contributed by atoms with Crippen LogP contribution in [-0.2, 0) is 28.7 Å². The Morgan fingerprint density at radius 1 is 1.00 bits per heavy atom. The molecule has 4 aliphatic heterocycles. The van der Waals surface area contributed by atoms with Gasteiger partial charge in [-0.3, -0.25) is 19.2 Å². The van der Waals surface area contributed by atoms with Crippen LogP contribution in [0.25, 0.3) is 0 Å². The number of carbonyl (C=O) groups excluding carboxylic acids is 4. The minimum Gasteiger partial charge on any atom is -0.455 e. The Bertz CT molecular complexity index is 1580. The molecule has 2 aromatic rings. The number of hydrogen-bond acceptors (Lipinski definition) is 7. The summed E-state index contributed by atoms with van der Waals surface area (Å²) in [4.78, 5) is 60.2. The van der Waals surface area contributed by atoms with Gasteiger partial charge in [0.1, 0.15) is 29.8 Å². The van der Waals surface area contributed by atoms with Crippen LogP contribution in [0.5, 0.6) is 0 Å². The molecule has 0 saturated carbocycles. The standard InChI is InChI=1S/C37H42BrN3O7/c1-3-4-19-40-20-13-7-12-18-28(43)39-23(2)31(25-16-10-6-11-17-25)47-36(46)29-30-34(44)41(27(22-42)24-14-8-5-9-15-24)33(35(40)45)37(30)21-26(38)32(29)48-37/h5-11,13-17,21,23,27,29-33,42H,3-4,12,18-20,22H2,1-2H3,(H,39,43)/b13-7-/t23-,27+,29+,30-,31+,32+,33+,37-/m0/s1. The molecule has 11 heteroatoms. The second-order valence-corrected chi connectivity index (χ2v) is 13.9. The van der Waals surface area contributed by atoms with E-state index in [0.29, 0.717) is 28.6 Å². The number of rotatable bonds is 7. The van der Waals surface area contributed by atoms with Crippen LogP contribution in [0.2, 0.25) is 0 Å². The van der Waals surface area contributed by atoms with E-state index in [1.165, 1.54) is 4.90 Å². The minimum absolute atomic E-state index is 0.193.